The third-order valence-electron chi connectivity index (χ3n) is 3.57. The maximum absolute atomic E-state index is 11.8. The maximum atomic E-state index is 11.8. The van der Waals surface area contributed by atoms with Crippen molar-refractivity contribution < 1.29 is 19.5 Å². The van der Waals surface area contributed by atoms with Crippen LogP contribution in [0.15, 0.2) is 0 Å². The van der Waals surface area contributed by atoms with Gasteiger partial charge in [-0.2, -0.15) is 0 Å². The Bertz CT molecular complexity index is 347. The first-order valence-corrected chi connectivity index (χ1v) is 6.70. The number of rotatable bonds is 5. The largest absolute Gasteiger partial charge is 0.481 e. The quantitative estimate of drug-likeness (QED) is 0.740. The number of unbranched alkanes of at least 4 members (excludes halogenated alkanes) is 1. The minimum Gasteiger partial charge on any atom is -0.481 e. The van der Waals surface area contributed by atoms with E-state index in [9.17, 15) is 14.4 Å². The molecule has 1 aliphatic rings. The predicted molar refractivity (Wildman–Crippen MR) is 69.5 cm³/mol. The minimum atomic E-state index is -0.864. The van der Waals surface area contributed by atoms with Gasteiger partial charge in [0.2, 0.25) is 5.91 Å². The van der Waals surface area contributed by atoms with Crippen molar-refractivity contribution in [3.05, 3.63) is 0 Å². The van der Waals surface area contributed by atoms with Gasteiger partial charge in [-0.05, 0) is 24.7 Å². The Hall–Kier alpha value is -1.59. The summed E-state index contributed by atoms with van der Waals surface area (Å²) < 4.78 is 0. The number of likely N-dealkylation sites (tertiary alicyclic amines) is 1. The highest BCUT2D eigenvalue weighted by Crippen LogP contribution is 2.21. The van der Waals surface area contributed by atoms with Crippen molar-refractivity contribution in [3.8, 4) is 0 Å². The zero-order valence-corrected chi connectivity index (χ0v) is 11.5. The van der Waals surface area contributed by atoms with Gasteiger partial charge in [0.05, 0.1) is 0 Å². The number of aliphatic carboxylic acids is 1. The predicted octanol–water partition coefficient (Wildman–Crippen LogP) is 1.46. The summed E-state index contributed by atoms with van der Waals surface area (Å²) in [6.07, 6.45) is 1.19. The number of carboxylic acid groups (broad SMARTS) is 1. The number of hydrogen-bond donors (Lipinski definition) is 2. The summed E-state index contributed by atoms with van der Waals surface area (Å²) in [7, 11) is 0. The molecule has 0 aliphatic carbocycles. The fourth-order valence-corrected chi connectivity index (χ4v) is 2.12. The molecule has 6 nitrogen and oxygen atoms in total. The molecule has 1 saturated heterocycles. The maximum Gasteiger partial charge on any atom is 0.324 e. The molecule has 1 heterocycles. The molecule has 1 fully saturated rings. The van der Waals surface area contributed by atoms with Gasteiger partial charge in [0.25, 0.3) is 0 Å². The highest BCUT2D eigenvalue weighted by Gasteiger charge is 2.29. The van der Waals surface area contributed by atoms with Gasteiger partial charge in [-0.1, -0.05) is 13.8 Å². The van der Waals surface area contributed by atoms with Crippen LogP contribution in [0.5, 0.6) is 0 Å². The number of carboxylic acids is 1. The Morgan fingerprint density at radius 1 is 1.11 bits per heavy atom. The fraction of sp³-hybridized carbons (Fsp3) is 0.769. The third-order valence-corrected chi connectivity index (χ3v) is 3.57. The molecule has 19 heavy (non-hydrogen) atoms. The van der Waals surface area contributed by atoms with E-state index in [1.54, 1.807) is 4.90 Å². The van der Waals surface area contributed by atoms with E-state index in [1.807, 2.05) is 0 Å². The molecule has 0 aromatic carbocycles. The van der Waals surface area contributed by atoms with Crippen LogP contribution < -0.4 is 5.32 Å². The molecule has 1 aliphatic heterocycles. The van der Waals surface area contributed by atoms with Crippen molar-refractivity contribution in [2.75, 3.05) is 13.1 Å². The average Bonchev–Trinajstić information content (AvgIpc) is 2.65. The third kappa shape index (κ3) is 5.28. The summed E-state index contributed by atoms with van der Waals surface area (Å²) in [5, 5.41) is 10.8. The lowest BCUT2D eigenvalue weighted by Gasteiger charge is -2.16. The van der Waals surface area contributed by atoms with Crippen molar-refractivity contribution in [1.29, 1.82) is 0 Å². The van der Waals surface area contributed by atoms with Crippen LogP contribution >= 0.6 is 0 Å². The summed E-state index contributed by atoms with van der Waals surface area (Å²) in [5.41, 5.74) is 0. The molecular weight excluding hydrogens is 248 g/mol. The summed E-state index contributed by atoms with van der Waals surface area (Å²) in [4.78, 5) is 35.3. The minimum absolute atomic E-state index is 0.0579. The lowest BCUT2D eigenvalue weighted by molar-refractivity contribution is -0.137. The van der Waals surface area contributed by atoms with Gasteiger partial charge in [0.15, 0.2) is 0 Å². The van der Waals surface area contributed by atoms with E-state index in [4.69, 9.17) is 5.11 Å². The summed E-state index contributed by atoms with van der Waals surface area (Å²) in [6.45, 7) is 5.54. The number of carbonyl (C=O) groups is 3. The Labute approximate surface area is 113 Å². The summed E-state index contributed by atoms with van der Waals surface area (Å²) in [6, 6.07) is -0.334. The number of carbonyl (C=O) groups excluding carboxylic acids is 2. The zero-order chi connectivity index (χ0) is 14.4. The molecule has 0 spiro atoms. The second kappa shape index (κ2) is 7.11. The van der Waals surface area contributed by atoms with Crippen molar-refractivity contribution in [2.24, 2.45) is 11.8 Å². The van der Waals surface area contributed by atoms with Gasteiger partial charge in [-0.15, -0.1) is 0 Å². The normalized spacial score (nSPS) is 22.3. The second-order valence-electron chi connectivity index (χ2n) is 5.31. The van der Waals surface area contributed by atoms with Gasteiger partial charge in [-0.3, -0.25) is 14.9 Å². The van der Waals surface area contributed by atoms with Crippen LogP contribution in [0.3, 0.4) is 0 Å². The lowest BCUT2D eigenvalue weighted by Crippen LogP contribution is -2.41. The van der Waals surface area contributed by atoms with E-state index in [-0.39, 0.29) is 24.8 Å². The smallest absolute Gasteiger partial charge is 0.324 e. The first-order chi connectivity index (χ1) is 8.90. The standard InChI is InChI=1S/C13H22N2O4/c1-9-7-15(8-10(9)2)13(19)14-11(16)5-3-4-6-12(17)18/h9-10H,3-8H2,1-2H3,(H,17,18)(H,14,16,19). The monoisotopic (exact) mass is 270 g/mol. The highest BCUT2D eigenvalue weighted by atomic mass is 16.4. The van der Waals surface area contributed by atoms with Crippen molar-refractivity contribution in [1.82, 2.24) is 10.2 Å². The molecule has 1 rings (SSSR count). The van der Waals surface area contributed by atoms with Crippen molar-refractivity contribution >= 4 is 17.9 Å². The van der Waals surface area contributed by atoms with Crippen LogP contribution in [0.2, 0.25) is 0 Å². The van der Waals surface area contributed by atoms with Gasteiger partial charge < -0.3 is 10.0 Å². The highest BCUT2D eigenvalue weighted by molar-refractivity contribution is 5.94. The Kier molecular flexibility index (Phi) is 5.79. The summed E-state index contributed by atoms with van der Waals surface area (Å²) >= 11 is 0. The van der Waals surface area contributed by atoms with E-state index >= 15 is 0 Å². The number of hydrogen-bond acceptors (Lipinski definition) is 3. The molecule has 3 amide bonds. The fourth-order valence-electron chi connectivity index (χ4n) is 2.12. The molecule has 2 atom stereocenters. The van der Waals surface area contributed by atoms with E-state index in [0.29, 0.717) is 37.8 Å². The Morgan fingerprint density at radius 2 is 1.63 bits per heavy atom. The van der Waals surface area contributed by atoms with Crippen molar-refractivity contribution in [2.45, 2.75) is 39.5 Å². The molecule has 0 aromatic heterocycles. The number of nitrogens with one attached hydrogen (secondary N) is 1. The SMILES string of the molecule is CC1CN(C(=O)NC(=O)CCCCC(=O)O)CC1C. The second-order valence-corrected chi connectivity index (χ2v) is 5.31. The first kappa shape index (κ1) is 15.5. The Balaban J connectivity index is 2.21. The first-order valence-electron chi connectivity index (χ1n) is 6.70. The molecular formula is C13H22N2O4. The lowest BCUT2D eigenvalue weighted by atomic mass is 10.0. The van der Waals surface area contributed by atoms with Crippen molar-refractivity contribution in [3.63, 3.8) is 0 Å². The number of urea groups is 1. The summed E-state index contributed by atoms with van der Waals surface area (Å²) in [5.74, 6) is -0.285. The van der Waals surface area contributed by atoms with Gasteiger partial charge in [-0.25, -0.2) is 4.79 Å². The molecule has 108 valence electrons. The van der Waals surface area contributed by atoms with Crippen LogP contribution in [0.1, 0.15) is 39.5 Å². The Morgan fingerprint density at radius 3 is 2.16 bits per heavy atom. The van der Waals surface area contributed by atoms with Gasteiger partial charge in [0.1, 0.15) is 0 Å². The van der Waals surface area contributed by atoms with Crippen LogP contribution in [-0.4, -0.2) is 41.0 Å². The number of amides is 3. The number of imide groups is 1. The van der Waals surface area contributed by atoms with Gasteiger partial charge in [0, 0.05) is 25.9 Å². The average molecular weight is 270 g/mol. The van der Waals surface area contributed by atoms with E-state index in [0.717, 1.165) is 0 Å². The van der Waals surface area contributed by atoms with E-state index in [1.165, 1.54) is 0 Å². The molecule has 6 heteroatoms. The topological polar surface area (TPSA) is 86.7 Å². The molecule has 0 radical (unpaired) electrons. The van der Waals surface area contributed by atoms with E-state index < -0.39 is 5.97 Å². The molecule has 0 aromatic rings. The van der Waals surface area contributed by atoms with Crippen LogP contribution in [0, 0.1) is 11.8 Å². The van der Waals surface area contributed by atoms with Crippen LogP contribution in [0.4, 0.5) is 4.79 Å². The van der Waals surface area contributed by atoms with Gasteiger partial charge >= 0.3 is 12.0 Å². The molecule has 0 saturated carbocycles. The van der Waals surface area contributed by atoms with Crippen LogP contribution in [0.25, 0.3) is 0 Å². The van der Waals surface area contributed by atoms with E-state index in [2.05, 4.69) is 19.2 Å². The molecule has 2 unspecified atom stereocenters. The zero-order valence-electron chi connectivity index (χ0n) is 11.5. The van der Waals surface area contributed by atoms with Crippen LogP contribution in [-0.2, 0) is 9.59 Å². The number of nitrogens with zero attached hydrogens (tertiary/aromatic N) is 1. The molecule has 2 N–H and O–H groups in total. The molecule has 0 bridgehead atoms.